The number of hydrogen-bond donors (Lipinski definition) is 0. The molecule has 0 radical (unpaired) electrons. The molecule has 31 heavy (non-hydrogen) atoms. The quantitative estimate of drug-likeness (QED) is 0.277. The molecule has 0 aliphatic rings. The van der Waals surface area contributed by atoms with Gasteiger partial charge in [0.05, 0.1) is 0 Å². The number of rotatable bonds is 7. The van der Waals surface area contributed by atoms with Crippen LogP contribution in [0.5, 0.6) is 0 Å². The third kappa shape index (κ3) is 5.34. The summed E-state index contributed by atoms with van der Waals surface area (Å²) in [4.78, 5) is 0. The van der Waals surface area contributed by atoms with Crippen LogP contribution in [0.4, 0.5) is 13.2 Å². The van der Waals surface area contributed by atoms with Crippen molar-refractivity contribution in [2.45, 2.75) is 20.5 Å². The van der Waals surface area contributed by atoms with Crippen molar-refractivity contribution in [3.63, 3.8) is 0 Å². The van der Waals surface area contributed by atoms with Crippen molar-refractivity contribution < 1.29 is 17.9 Å². The molecule has 0 saturated heterocycles. The zero-order valence-electron chi connectivity index (χ0n) is 17.5. The third-order valence-corrected chi connectivity index (χ3v) is 4.83. The van der Waals surface area contributed by atoms with Crippen LogP contribution in [-0.2, 0) is 11.3 Å². The van der Waals surface area contributed by atoms with E-state index in [4.69, 9.17) is 4.74 Å². The van der Waals surface area contributed by atoms with Gasteiger partial charge in [0.25, 0.3) is 0 Å². The molecule has 158 valence electrons. The van der Waals surface area contributed by atoms with Crippen LogP contribution >= 0.6 is 0 Å². The molecule has 0 aliphatic carbocycles. The summed E-state index contributed by atoms with van der Waals surface area (Å²) in [6, 6.07) is 17.3. The lowest BCUT2D eigenvalue weighted by Crippen LogP contribution is -1.95. The lowest BCUT2D eigenvalue weighted by atomic mass is 9.98. The monoisotopic (exact) mass is 420 g/mol. The molecule has 0 aromatic heterocycles. The van der Waals surface area contributed by atoms with Crippen molar-refractivity contribution in [3.8, 4) is 22.3 Å². The van der Waals surface area contributed by atoms with E-state index in [1.54, 1.807) is 55.5 Å². The summed E-state index contributed by atoms with van der Waals surface area (Å²) in [6.07, 6.45) is 1.17. The molecule has 1 nitrogen and oxygen atoms in total. The van der Waals surface area contributed by atoms with Crippen molar-refractivity contribution in [2.75, 3.05) is 0 Å². The summed E-state index contributed by atoms with van der Waals surface area (Å²) in [5.74, 6) is -2.09. The molecule has 0 bridgehead atoms. The average molecular weight is 420 g/mol. The molecule has 4 heteroatoms. The second-order valence-corrected chi connectivity index (χ2v) is 7.38. The van der Waals surface area contributed by atoms with Crippen molar-refractivity contribution in [1.82, 2.24) is 0 Å². The fourth-order valence-corrected chi connectivity index (χ4v) is 2.99. The van der Waals surface area contributed by atoms with Crippen LogP contribution < -0.4 is 0 Å². The average Bonchev–Trinajstić information content (AvgIpc) is 2.75. The van der Waals surface area contributed by atoms with E-state index in [0.717, 1.165) is 11.1 Å². The predicted molar refractivity (Wildman–Crippen MR) is 120 cm³/mol. The Morgan fingerprint density at radius 3 is 1.81 bits per heavy atom. The number of benzene rings is 3. The highest BCUT2D eigenvalue weighted by Crippen LogP contribution is 2.31. The molecule has 0 saturated carbocycles. The second kappa shape index (κ2) is 9.52. The first kappa shape index (κ1) is 22.2. The van der Waals surface area contributed by atoms with Gasteiger partial charge in [0, 0.05) is 17.2 Å². The number of allylic oxidation sites excluding steroid dienone is 3. The summed E-state index contributed by atoms with van der Waals surface area (Å²) in [7, 11) is 0. The summed E-state index contributed by atoms with van der Waals surface area (Å²) in [5.41, 5.74) is 3.69. The van der Waals surface area contributed by atoms with Gasteiger partial charge in [-0.2, -0.15) is 0 Å². The van der Waals surface area contributed by atoms with E-state index in [0.29, 0.717) is 11.1 Å². The van der Waals surface area contributed by atoms with Crippen LogP contribution in [0.25, 0.3) is 22.3 Å². The SMILES string of the molecule is C=C(/C=C(/F)C(=C)C)OCc1ccc(-c2ccc(-c3ccc(C)cc3)c(F)c2F)cc1. The third-order valence-electron chi connectivity index (χ3n) is 4.83. The summed E-state index contributed by atoms with van der Waals surface area (Å²) < 4.78 is 48.5. The molecule has 0 atom stereocenters. The second-order valence-electron chi connectivity index (χ2n) is 7.38. The first-order valence-electron chi connectivity index (χ1n) is 9.75. The van der Waals surface area contributed by atoms with Gasteiger partial charge in [0.2, 0.25) is 0 Å². The van der Waals surface area contributed by atoms with E-state index < -0.39 is 17.5 Å². The maximum Gasteiger partial charge on any atom is 0.167 e. The molecule has 3 aromatic rings. The Kier molecular flexibility index (Phi) is 6.81. The van der Waals surface area contributed by atoms with E-state index in [1.807, 2.05) is 19.1 Å². The van der Waals surface area contributed by atoms with Crippen molar-refractivity contribution in [3.05, 3.63) is 120 Å². The highest BCUT2D eigenvalue weighted by atomic mass is 19.2. The molecule has 3 aromatic carbocycles. The van der Waals surface area contributed by atoms with Gasteiger partial charge in [-0.3, -0.25) is 0 Å². The zero-order chi connectivity index (χ0) is 22.5. The van der Waals surface area contributed by atoms with E-state index >= 15 is 0 Å². The molecule has 0 fully saturated rings. The van der Waals surface area contributed by atoms with Gasteiger partial charge in [0.1, 0.15) is 18.2 Å². The zero-order valence-corrected chi connectivity index (χ0v) is 17.5. The van der Waals surface area contributed by atoms with Crippen LogP contribution in [0.15, 0.2) is 97.1 Å². The van der Waals surface area contributed by atoms with Gasteiger partial charge in [-0.15, -0.1) is 0 Å². The lowest BCUT2D eigenvalue weighted by molar-refractivity contribution is 0.211. The Balaban J connectivity index is 1.76. The van der Waals surface area contributed by atoms with Crippen LogP contribution in [0.3, 0.4) is 0 Å². The molecule has 3 rings (SSSR count). The fraction of sp³-hybridized carbons (Fsp3) is 0.111. The van der Waals surface area contributed by atoms with Gasteiger partial charge < -0.3 is 4.74 Å². The Morgan fingerprint density at radius 2 is 1.32 bits per heavy atom. The van der Waals surface area contributed by atoms with Crippen LogP contribution in [0.2, 0.25) is 0 Å². The van der Waals surface area contributed by atoms with Crippen LogP contribution in [0, 0.1) is 18.6 Å². The van der Waals surface area contributed by atoms with Crippen molar-refractivity contribution >= 4 is 0 Å². The molecular weight excluding hydrogens is 397 g/mol. The summed E-state index contributed by atoms with van der Waals surface area (Å²) in [6.45, 7) is 10.8. The minimum Gasteiger partial charge on any atom is -0.489 e. The van der Waals surface area contributed by atoms with E-state index in [1.165, 1.54) is 6.08 Å². The first-order chi connectivity index (χ1) is 14.8. The standard InChI is InChI=1S/C27H23F3O/c1-17(2)25(28)15-19(4)31-16-20-7-11-22(12-8-20)24-14-13-23(26(29)27(24)30)21-9-5-18(3)6-10-21/h5-15H,1,4,16H2,2-3H3/b25-15+. The minimum absolute atomic E-state index is 0.169. The normalized spacial score (nSPS) is 11.3. The van der Waals surface area contributed by atoms with E-state index in [2.05, 4.69) is 13.2 Å². The molecule has 0 N–H and O–H groups in total. The topological polar surface area (TPSA) is 9.23 Å². The van der Waals surface area contributed by atoms with Gasteiger partial charge in [0.15, 0.2) is 11.6 Å². The first-order valence-corrected chi connectivity index (χ1v) is 9.75. The Hall–Kier alpha value is -3.53. The number of hydrogen-bond acceptors (Lipinski definition) is 1. The molecule has 0 amide bonds. The van der Waals surface area contributed by atoms with Gasteiger partial charge >= 0.3 is 0 Å². The Bertz CT molecular complexity index is 1140. The lowest BCUT2D eigenvalue weighted by Gasteiger charge is -2.11. The molecule has 0 heterocycles. The molecular formula is C27H23F3O. The maximum atomic E-state index is 14.8. The van der Waals surface area contributed by atoms with Gasteiger partial charge in [-0.05, 0) is 36.1 Å². The molecule has 0 unspecified atom stereocenters. The Labute approximate surface area is 180 Å². The highest BCUT2D eigenvalue weighted by Gasteiger charge is 2.16. The van der Waals surface area contributed by atoms with E-state index in [-0.39, 0.29) is 29.1 Å². The number of aryl methyl sites for hydroxylation is 1. The van der Waals surface area contributed by atoms with Crippen LogP contribution in [-0.4, -0.2) is 0 Å². The molecule has 0 spiro atoms. The maximum absolute atomic E-state index is 14.8. The highest BCUT2D eigenvalue weighted by molar-refractivity contribution is 5.72. The predicted octanol–water partition coefficient (Wildman–Crippen LogP) is 8.07. The van der Waals surface area contributed by atoms with Crippen LogP contribution in [0.1, 0.15) is 18.1 Å². The minimum atomic E-state index is -0.893. The van der Waals surface area contributed by atoms with Crippen molar-refractivity contribution in [2.24, 2.45) is 0 Å². The summed E-state index contributed by atoms with van der Waals surface area (Å²) in [5, 5.41) is 0. The largest absolute Gasteiger partial charge is 0.489 e. The smallest absolute Gasteiger partial charge is 0.167 e. The number of ether oxygens (including phenoxy) is 1. The fourth-order valence-electron chi connectivity index (χ4n) is 2.99. The van der Waals surface area contributed by atoms with Crippen molar-refractivity contribution in [1.29, 1.82) is 0 Å². The van der Waals surface area contributed by atoms with Gasteiger partial charge in [-0.1, -0.05) is 79.4 Å². The number of halogens is 3. The summed E-state index contributed by atoms with van der Waals surface area (Å²) >= 11 is 0. The Morgan fingerprint density at radius 1 is 0.839 bits per heavy atom. The van der Waals surface area contributed by atoms with E-state index in [9.17, 15) is 13.2 Å². The van der Waals surface area contributed by atoms with Gasteiger partial charge in [-0.25, -0.2) is 13.2 Å². The molecule has 0 aliphatic heterocycles.